The minimum absolute atomic E-state index is 0.323. The molecule has 0 bridgehead atoms. The second-order valence-corrected chi connectivity index (χ2v) is 5.66. The Kier molecular flexibility index (Phi) is 4.97. The molecule has 0 radical (unpaired) electrons. The van der Waals surface area contributed by atoms with E-state index in [1.54, 1.807) is 18.5 Å². The van der Waals surface area contributed by atoms with E-state index in [0.717, 1.165) is 10.2 Å². The molecule has 0 fully saturated rings. The van der Waals surface area contributed by atoms with Crippen molar-refractivity contribution in [3.63, 3.8) is 0 Å². The summed E-state index contributed by atoms with van der Waals surface area (Å²) in [5.74, 6) is -1.36. The lowest BCUT2D eigenvalue weighted by Gasteiger charge is -2.18. The van der Waals surface area contributed by atoms with E-state index >= 15 is 0 Å². The number of halogens is 1. The zero-order valence-corrected chi connectivity index (χ0v) is 13.9. The quantitative estimate of drug-likeness (QED) is 0.882. The Balaban J connectivity index is 2.34. The number of likely N-dealkylation sites (N-methyl/N-ethyl adjacent to an activating group) is 1. The first-order valence-electron chi connectivity index (χ1n) is 6.75. The number of carboxylic acids is 1. The Morgan fingerprint density at radius 2 is 2.14 bits per heavy atom. The summed E-state index contributed by atoms with van der Waals surface area (Å²) in [6.45, 7) is 3.54. The minimum atomic E-state index is -1.03. The van der Waals surface area contributed by atoms with Gasteiger partial charge in [-0.05, 0) is 32.0 Å². The Labute approximate surface area is 136 Å². The van der Waals surface area contributed by atoms with Gasteiger partial charge in [0.05, 0.1) is 23.1 Å². The van der Waals surface area contributed by atoms with Gasteiger partial charge in [0, 0.05) is 11.0 Å². The fourth-order valence-corrected chi connectivity index (χ4v) is 2.54. The Hall–Kier alpha value is -2.15. The second kappa shape index (κ2) is 6.74. The molecule has 0 aliphatic rings. The number of carboxylic acid groups (broad SMARTS) is 1. The lowest BCUT2D eigenvalue weighted by atomic mass is 10.2. The summed E-state index contributed by atoms with van der Waals surface area (Å²) >= 11 is 3.40. The van der Waals surface area contributed by atoms with Crippen molar-refractivity contribution in [2.45, 2.75) is 13.8 Å². The molecule has 0 spiro atoms. The number of aromatic nitrogens is 2. The van der Waals surface area contributed by atoms with Crippen molar-refractivity contribution in [2.75, 3.05) is 13.1 Å². The average Bonchev–Trinajstić information content (AvgIpc) is 2.85. The SMILES string of the molecule is CCN(CC(=O)O)C(=O)c1cnn(-c2cccc(Br)c2)c1C. The highest BCUT2D eigenvalue weighted by molar-refractivity contribution is 9.10. The Morgan fingerprint density at radius 1 is 1.41 bits per heavy atom. The highest BCUT2D eigenvalue weighted by Gasteiger charge is 2.21. The summed E-state index contributed by atoms with van der Waals surface area (Å²) in [4.78, 5) is 24.6. The molecule has 22 heavy (non-hydrogen) atoms. The normalized spacial score (nSPS) is 10.5. The predicted octanol–water partition coefficient (Wildman–Crippen LogP) is 2.49. The van der Waals surface area contributed by atoms with E-state index in [1.807, 2.05) is 24.3 Å². The highest BCUT2D eigenvalue weighted by atomic mass is 79.9. The zero-order valence-electron chi connectivity index (χ0n) is 12.3. The first-order chi connectivity index (χ1) is 10.4. The van der Waals surface area contributed by atoms with Gasteiger partial charge in [0.1, 0.15) is 6.54 Å². The number of rotatable bonds is 5. The molecule has 0 atom stereocenters. The Morgan fingerprint density at radius 3 is 2.73 bits per heavy atom. The van der Waals surface area contributed by atoms with Crippen LogP contribution in [-0.4, -0.2) is 44.8 Å². The van der Waals surface area contributed by atoms with Crippen LogP contribution in [-0.2, 0) is 4.79 Å². The summed E-state index contributed by atoms with van der Waals surface area (Å²) in [6, 6.07) is 7.56. The average molecular weight is 366 g/mol. The van der Waals surface area contributed by atoms with E-state index in [-0.39, 0.29) is 12.5 Å². The van der Waals surface area contributed by atoms with Crippen molar-refractivity contribution in [3.05, 3.63) is 46.2 Å². The molecular formula is C15H16BrN3O3. The number of amides is 1. The molecule has 1 aromatic heterocycles. The number of hydrogen-bond donors (Lipinski definition) is 1. The standard InChI is InChI=1S/C15H16BrN3O3/c1-3-18(9-14(20)21)15(22)13-8-17-19(10(13)2)12-6-4-5-11(16)7-12/h4-8H,3,9H2,1-2H3,(H,20,21). The number of benzene rings is 1. The van der Waals surface area contributed by atoms with Crippen LogP contribution in [0, 0.1) is 6.92 Å². The molecule has 2 rings (SSSR count). The maximum absolute atomic E-state index is 12.4. The monoisotopic (exact) mass is 365 g/mol. The van der Waals surface area contributed by atoms with Crippen molar-refractivity contribution in [3.8, 4) is 5.69 Å². The summed E-state index contributed by atoms with van der Waals surface area (Å²) in [5, 5.41) is 13.1. The van der Waals surface area contributed by atoms with Crippen LogP contribution in [0.1, 0.15) is 23.0 Å². The maximum atomic E-state index is 12.4. The van der Waals surface area contributed by atoms with Crippen LogP contribution < -0.4 is 0 Å². The van der Waals surface area contributed by atoms with E-state index in [1.165, 1.54) is 11.1 Å². The van der Waals surface area contributed by atoms with Gasteiger partial charge in [-0.15, -0.1) is 0 Å². The van der Waals surface area contributed by atoms with Crippen molar-refractivity contribution in [1.82, 2.24) is 14.7 Å². The van der Waals surface area contributed by atoms with Crippen molar-refractivity contribution in [1.29, 1.82) is 0 Å². The third kappa shape index (κ3) is 3.36. The lowest BCUT2D eigenvalue weighted by Crippen LogP contribution is -2.35. The molecule has 1 N–H and O–H groups in total. The molecule has 0 saturated heterocycles. The van der Waals surface area contributed by atoms with E-state index in [2.05, 4.69) is 21.0 Å². The van der Waals surface area contributed by atoms with Crippen LogP contribution in [0.2, 0.25) is 0 Å². The zero-order chi connectivity index (χ0) is 16.3. The minimum Gasteiger partial charge on any atom is -0.480 e. The van der Waals surface area contributed by atoms with Crippen LogP contribution >= 0.6 is 15.9 Å². The largest absolute Gasteiger partial charge is 0.480 e. The first-order valence-corrected chi connectivity index (χ1v) is 7.55. The van der Waals surface area contributed by atoms with Crippen LogP contribution in [0.3, 0.4) is 0 Å². The Bertz CT molecular complexity index is 712. The van der Waals surface area contributed by atoms with Crippen LogP contribution in [0.15, 0.2) is 34.9 Å². The molecule has 1 amide bonds. The summed E-state index contributed by atoms with van der Waals surface area (Å²) in [5.41, 5.74) is 1.90. The van der Waals surface area contributed by atoms with E-state index < -0.39 is 5.97 Å². The fraction of sp³-hybridized carbons (Fsp3) is 0.267. The third-order valence-corrected chi connectivity index (χ3v) is 3.78. The topological polar surface area (TPSA) is 75.4 Å². The molecule has 7 heteroatoms. The number of aliphatic carboxylic acids is 1. The van der Waals surface area contributed by atoms with E-state index in [9.17, 15) is 9.59 Å². The smallest absolute Gasteiger partial charge is 0.323 e. The number of carbonyl (C=O) groups excluding carboxylic acids is 1. The first kappa shape index (κ1) is 16.2. The van der Waals surface area contributed by atoms with Gasteiger partial charge in [-0.1, -0.05) is 22.0 Å². The number of carbonyl (C=O) groups is 2. The maximum Gasteiger partial charge on any atom is 0.323 e. The molecule has 0 aliphatic carbocycles. The molecule has 6 nitrogen and oxygen atoms in total. The highest BCUT2D eigenvalue weighted by Crippen LogP contribution is 2.19. The molecular weight excluding hydrogens is 350 g/mol. The molecule has 1 aromatic carbocycles. The van der Waals surface area contributed by atoms with Gasteiger partial charge in [-0.25, -0.2) is 4.68 Å². The van der Waals surface area contributed by atoms with Gasteiger partial charge in [0.25, 0.3) is 5.91 Å². The predicted molar refractivity (Wildman–Crippen MR) is 85.2 cm³/mol. The van der Waals surface area contributed by atoms with Gasteiger partial charge in [0.15, 0.2) is 0 Å². The van der Waals surface area contributed by atoms with Crippen LogP contribution in [0.5, 0.6) is 0 Å². The van der Waals surface area contributed by atoms with Crippen LogP contribution in [0.25, 0.3) is 5.69 Å². The van der Waals surface area contributed by atoms with Gasteiger partial charge in [-0.3, -0.25) is 9.59 Å². The third-order valence-electron chi connectivity index (χ3n) is 3.29. The summed E-state index contributed by atoms with van der Waals surface area (Å²) in [6.07, 6.45) is 1.48. The van der Waals surface area contributed by atoms with Gasteiger partial charge in [-0.2, -0.15) is 5.10 Å². The number of hydrogen-bond acceptors (Lipinski definition) is 3. The molecule has 0 aliphatic heterocycles. The van der Waals surface area contributed by atoms with Gasteiger partial charge < -0.3 is 10.0 Å². The molecule has 0 saturated carbocycles. The lowest BCUT2D eigenvalue weighted by molar-refractivity contribution is -0.137. The van der Waals surface area contributed by atoms with E-state index in [4.69, 9.17) is 5.11 Å². The molecule has 0 unspecified atom stereocenters. The van der Waals surface area contributed by atoms with Crippen molar-refractivity contribution >= 4 is 27.8 Å². The second-order valence-electron chi connectivity index (χ2n) is 4.75. The van der Waals surface area contributed by atoms with Crippen molar-refractivity contribution < 1.29 is 14.7 Å². The fourth-order valence-electron chi connectivity index (χ4n) is 2.15. The number of nitrogens with zero attached hydrogens (tertiary/aromatic N) is 3. The van der Waals surface area contributed by atoms with Gasteiger partial charge >= 0.3 is 5.97 Å². The molecule has 1 heterocycles. The van der Waals surface area contributed by atoms with Gasteiger partial charge in [0.2, 0.25) is 0 Å². The van der Waals surface area contributed by atoms with E-state index in [0.29, 0.717) is 17.8 Å². The summed E-state index contributed by atoms with van der Waals surface area (Å²) < 4.78 is 2.57. The molecule has 2 aromatic rings. The molecule has 116 valence electrons. The van der Waals surface area contributed by atoms with Crippen LogP contribution in [0.4, 0.5) is 0 Å². The van der Waals surface area contributed by atoms with Crippen molar-refractivity contribution in [2.24, 2.45) is 0 Å². The summed E-state index contributed by atoms with van der Waals surface area (Å²) in [7, 11) is 0.